The molecule has 1 aliphatic carbocycles. The summed E-state index contributed by atoms with van der Waals surface area (Å²) in [6, 6.07) is 0.832. The van der Waals surface area contributed by atoms with E-state index in [4.69, 9.17) is 5.11 Å². The predicted octanol–water partition coefficient (Wildman–Crippen LogP) is 1.83. The van der Waals surface area contributed by atoms with Crippen molar-refractivity contribution in [2.24, 2.45) is 0 Å². The number of alkyl halides is 3. The van der Waals surface area contributed by atoms with Gasteiger partial charge < -0.3 is 9.67 Å². The van der Waals surface area contributed by atoms with E-state index in [0.717, 1.165) is 18.9 Å². The molecule has 7 heteroatoms. The Bertz CT molecular complexity index is 543. The van der Waals surface area contributed by atoms with Crippen LogP contribution in [0.25, 0.3) is 0 Å². The van der Waals surface area contributed by atoms with Gasteiger partial charge in [-0.15, -0.1) is 0 Å². The van der Waals surface area contributed by atoms with Gasteiger partial charge in [-0.3, -0.25) is 9.59 Å². The Morgan fingerprint density at radius 1 is 1.44 bits per heavy atom. The third kappa shape index (κ3) is 2.55. The van der Waals surface area contributed by atoms with Crippen molar-refractivity contribution in [2.45, 2.75) is 31.5 Å². The number of pyridine rings is 1. The fraction of sp³-hybridized carbons (Fsp3) is 0.455. The Hall–Kier alpha value is -1.79. The summed E-state index contributed by atoms with van der Waals surface area (Å²) in [5, 5.41) is 8.59. The molecular formula is C11H10F3NO3. The molecule has 2 rings (SSSR count). The van der Waals surface area contributed by atoms with Gasteiger partial charge in [-0.25, -0.2) is 0 Å². The van der Waals surface area contributed by atoms with Crippen molar-refractivity contribution in [1.29, 1.82) is 0 Å². The van der Waals surface area contributed by atoms with Crippen LogP contribution in [0.15, 0.2) is 17.1 Å². The van der Waals surface area contributed by atoms with Gasteiger partial charge in [0.05, 0.1) is 0 Å². The zero-order chi connectivity index (χ0) is 13.5. The molecule has 18 heavy (non-hydrogen) atoms. The summed E-state index contributed by atoms with van der Waals surface area (Å²) >= 11 is 0. The average molecular weight is 261 g/mol. The van der Waals surface area contributed by atoms with Crippen molar-refractivity contribution in [3.05, 3.63) is 33.7 Å². The fourth-order valence-electron chi connectivity index (χ4n) is 1.77. The van der Waals surface area contributed by atoms with E-state index in [1.165, 1.54) is 6.20 Å². The summed E-state index contributed by atoms with van der Waals surface area (Å²) in [5.41, 5.74) is -2.23. The summed E-state index contributed by atoms with van der Waals surface area (Å²) in [6.45, 7) is -0.761. The van der Waals surface area contributed by atoms with Crippen molar-refractivity contribution >= 4 is 5.97 Å². The van der Waals surface area contributed by atoms with E-state index in [0.29, 0.717) is 10.1 Å². The molecule has 1 heterocycles. The van der Waals surface area contributed by atoms with Gasteiger partial charge in [-0.1, -0.05) is 0 Å². The molecule has 1 aromatic rings. The van der Waals surface area contributed by atoms with Crippen LogP contribution < -0.4 is 5.56 Å². The van der Waals surface area contributed by atoms with Crippen molar-refractivity contribution in [3.63, 3.8) is 0 Å². The Kier molecular flexibility index (Phi) is 2.92. The second kappa shape index (κ2) is 4.15. The standard InChI is InChI=1S/C11H10F3NO3/c12-11(13,14)8-3-7(6-1-2-6)4-15(10(8)18)5-9(16)17/h3-4,6H,1-2,5H2,(H,16,17). The van der Waals surface area contributed by atoms with Crippen molar-refractivity contribution in [1.82, 2.24) is 4.57 Å². The number of hydrogen-bond donors (Lipinski definition) is 1. The van der Waals surface area contributed by atoms with E-state index in [9.17, 15) is 22.8 Å². The topological polar surface area (TPSA) is 59.3 Å². The summed E-state index contributed by atoms with van der Waals surface area (Å²) in [7, 11) is 0. The molecule has 0 bridgehead atoms. The van der Waals surface area contributed by atoms with Crippen LogP contribution in [0.2, 0.25) is 0 Å². The number of carboxylic acids is 1. The van der Waals surface area contributed by atoms with Crippen LogP contribution in [0.5, 0.6) is 0 Å². The van der Waals surface area contributed by atoms with Crippen molar-refractivity contribution in [3.8, 4) is 0 Å². The minimum absolute atomic E-state index is 0.00625. The molecule has 0 radical (unpaired) electrons. The lowest BCUT2D eigenvalue weighted by molar-refractivity contribution is -0.141. The molecule has 0 aromatic carbocycles. The van der Waals surface area contributed by atoms with Gasteiger partial charge in [0, 0.05) is 6.20 Å². The third-order valence-corrected chi connectivity index (χ3v) is 2.77. The van der Waals surface area contributed by atoms with Gasteiger partial charge in [0.25, 0.3) is 5.56 Å². The first-order valence-corrected chi connectivity index (χ1v) is 5.32. The average Bonchev–Trinajstić information content (AvgIpc) is 3.01. The van der Waals surface area contributed by atoms with E-state index < -0.39 is 29.8 Å². The number of hydrogen-bond acceptors (Lipinski definition) is 2. The summed E-state index contributed by atoms with van der Waals surface area (Å²) in [6.07, 6.45) is -2.02. The number of carbonyl (C=O) groups is 1. The molecule has 0 unspecified atom stereocenters. The summed E-state index contributed by atoms with van der Waals surface area (Å²) < 4.78 is 38.6. The van der Waals surface area contributed by atoms with Crippen LogP contribution in [0.4, 0.5) is 13.2 Å². The first-order chi connectivity index (χ1) is 8.29. The highest BCUT2D eigenvalue weighted by Crippen LogP contribution is 2.41. The Labute approximate surface area is 99.7 Å². The van der Waals surface area contributed by atoms with E-state index in [1.54, 1.807) is 0 Å². The fourth-order valence-corrected chi connectivity index (χ4v) is 1.77. The van der Waals surface area contributed by atoms with Gasteiger partial charge in [0.2, 0.25) is 0 Å². The van der Waals surface area contributed by atoms with Crippen molar-refractivity contribution < 1.29 is 23.1 Å². The first-order valence-electron chi connectivity index (χ1n) is 5.32. The lowest BCUT2D eigenvalue weighted by atomic mass is 10.1. The number of aromatic nitrogens is 1. The molecule has 1 fully saturated rings. The Morgan fingerprint density at radius 3 is 2.50 bits per heavy atom. The Balaban J connectivity index is 2.55. The lowest BCUT2D eigenvalue weighted by Crippen LogP contribution is -2.31. The van der Waals surface area contributed by atoms with Crippen LogP contribution >= 0.6 is 0 Å². The second-order valence-corrected chi connectivity index (χ2v) is 4.29. The van der Waals surface area contributed by atoms with E-state index >= 15 is 0 Å². The molecule has 0 atom stereocenters. The maximum Gasteiger partial charge on any atom is 0.421 e. The number of halogens is 3. The van der Waals surface area contributed by atoms with Gasteiger partial charge in [-0.05, 0) is 30.4 Å². The zero-order valence-corrected chi connectivity index (χ0v) is 9.20. The van der Waals surface area contributed by atoms with Crippen LogP contribution in [-0.4, -0.2) is 15.6 Å². The minimum Gasteiger partial charge on any atom is -0.480 e. The molecule has 0 aliphatic heterocycles. The number of nitrogens with zero attached hydrogens (tertiary/aromatic N) is 1. The molecule has 1 N–H and O–H groups in total. The molecule has 1 aromatic heterocycles. The van der Waals surface area contributed by atoms with Gasteiger partial charge in [-0.2, -0.15) is 13.2 Å². The lowest BCUT2D eigenvalue weighted by Gasteiger charge is -2.12. The first kappa shape index (κ1) is 12.7. The van der Waals surface area contributed by atoms with Crippen molar-refractivity contribution in [2.75, 3.05) is 0 Å². The molecule has 1 saturated carbocycles. The molecule has 0 amide bonds. The number of rotatable bonds is 3. The highest BCUT2D eigenvalue weighted by atomic mass is 19.4. The largest absolute Gasteiger partial charge is 0.480 e. The maximum atomic E-state index is 12.7. The minimum atomic E-state index is -4.76. The van der Waals surface area contributed by atoms with Gasteiger partial charge in [0.15, 0.2) is 0 Å². The Morgan fingerprint density at radius 2 is 2.06 bits per heavy atom. The highest BCUT2D eigenvalue weighted by Gasteiger charge is 2.36. The zero-order valence-electron chi connectivity index (χ0n) is 9.20. The normalized spacial score (nSPS) is 15.7. The van der Waals surface area contributed by atoms with E-state index in [-0.39, 0.29) is 5.92 Å². The molecule has 0 spiro atoms. The van der Waals surface area contributed by atoms with E-state index in [1.807, 2.05) is 0 Å². The summed E-state index contributed by atoms with van der Waals surface area (Å²) in [5.74, 6) is -1.34. The van der Waals surface area contributed by atoms with Crippen LogP contribution in [0.3, 0.4) is 0 Å². The third-order valence-electron chi connectivity index (χ3n) is 2.77. The van der Waals surface area contributed by atoms with Gasteiger partial charge in [0.1, 0.15) is 12.1 Å². The van der Waals surface area contributed by atoms with Gasteiger partial charge >= 0.3 is 12.1 Å². The number of aliphatic carboxylic acids is 1. The van der Waals surface area contributed by atoms with E-state index in [2.05, 4.69) is 0 Å². The second-order valence-electron chi connectivity index (χ2n) is 4.29. The summed E-state index contributed by atoms with van der Waals surface area (Å²) in [4.78, 5) is 22.1. The van der Waals surface area contributed by atoms with Crippen LogP contribution in [-0.2, 0) is 17.5 Å². The van der Waals surface area contributed by atoms with Crippen LogP contribution in [0.1, 0.15) is 29.9 Å². The highest BCUT2D eigenvalue weighted by molar-refractivity contribution is 5.66. The number of carboxylic acid groups (broad SMARTS) is 1. The molecule has 1 aliphatic rings. The molecule has 4 nitrogen and oxygen atoms in total. The molecule has 0 saturated heterocycles. The predicted molar refractivity (Wildman–Crippen MR) is 55.3 cm³/mol. The monoisotopic (exact) mass is 261 g/mol. The molecule has 98 valence electrons. The quantitative estimate of drug-likeness (QED) is 0.903. The molecular weight excluding hydrogens is 251 g/mol. The maximum absolute atomic E-state index is 12.7. The smallest absolute Gasteiger partial charge is 0.421 e. The SMILES string of the molecule is O=C(O)Cn1cc(C2CC2)cc(C(F)(F)F)c1=O. The van der Waals surface area contributed by atoms with Crippen LogP contribution in [0, 0.1) is 0 Å².